The number of hydrogen-bond acceptors (Lipinski definition) is 4. The van der Waals surface area contributed by atoms with Crippen molar-refractivity contribution in [2.45, 2.75) is 65.0 Å². The normalized spacial score (nSPS) is 19.3. The number of halogens is 1. The molecule has 3 N–H and O–H groups in total. The Morgan fingerprint density at radius 1 is 1.29 bits per heavy atom. The zero-order valence-electron chi connectivity index (χ0n) is 17.8. The van der Waals surface area contributed by atoms with Gasteiger partial charge in [-0.2, -0.15) is 0 Å². The number of aryl methyl sites for hydroxylation is 2. The maximum absolute atomic E-state index is 10.9. The summed E-state index contributed by atoms with van der Waals surface area (Å²) in [5.41, 5.74) is -0.236. The van der Waals surface area contributed by atoms with Crippen molar-refractivity contribution in [1.29, 1.82) is 0 Å². The molecule has 7 heteroatoms. The van der Waals surface area contributed by atoms with E-state index in [0.717, 1.165) is 54.6 Å². The molecule has 3 rings (SSSR count). The highest BCUT2D eigenvalue weighted by atomic mass is 127. The zero-order chi connectivity index (χ0) is 19.4. The van der Waals surface area contributed by atoms with Gasteiger partial charge in [-0.05, 0) is 65.4 Å². The molecule has 6 nitrogen and oxygen atoms in total. The highest BCUT2D eigenvalue weighted by Gasteiger charge is 2.33. The molecule has 0 saturated heterocycles. The molecule has 0 radical (unpaired) electrons. The fourth-order valence-electron chi connectivity index (χ4n) is 3.64. The van der Waals surface area contributed by atoms with Gasteiger partial charge in [-0.15, -0.1) is 24.0 Å². The van der Waals surface area contributed by atoms with E-state index in [-0.39, 0.29) is 30.5 Å². The Morgan fingerprint density at radius 3 is 2.54 bits per heavy atom. The molecule has 2 aliphatic rings. The van der Waals surface area contributed by atoms with Crippen LogP contribution >= 0.6 is 24.0 Å². The van der Waals surface area contributed by atoms with Gasteiger partial charge in [0, 0.05) is 37.8 Å². The Kier molecular flexibility index (Phi) is 8.63. The van der Waals surface area contributed by atoms with Crippen LogP contribution < -0.4 is 10.6 Å². The molecular formula is C21H37IN4O2. The number of hydrogen-bond donors (Lipinski definition) is 3. The van der Waals surface area contributed by atoms with Gasteiger partial charge in [0.25, 0.3) is 0 Å². The first kappa shape index (κ1) is 23.5. The van der Waals surface area contributed by atoms with Crippen molar-refractivity contribution >= 4 is 29.9 Å². The van der Waals surface area contributed by atoms with Crippen LogP contribution in [0.4, 0.5) is 0 Å². The molecule has 1 atom stereocenters. The van der Waals surface area contributed by atoms with Crippen LogP contribution in [-0.4, -0.2) is 54.7 Å². The van der Waals surface area contributed by atoms with Crippen LogP contribution in [0.2, 0.25) is 0 Å². The van der Waals surface area contributed by atoms with Crippen LogP contribution in [0.3, 0.4) is 0 Å². The number of nitrogens with zero attached hydrogens (tertiary/aromatic N) is 2. The molecule has 0 amide bonds. The zero-order valence-corrected chi connectivity index (χ0v) is 20.1. The summed E-state index contributed by atoms with van der Waals surface area (Å²) in [7, 11) is 0. The largest absolute Gasteiger partial charge is 0.466 e. The molecule has 160 valence electrons. The van der Waals surface area contributed by atoms with E-state index in [1.807, 2.05) is 19.9 Å². The molecule has 0 aromatic carbocycles. The Balaban J connectivity index is 0.00000280. The van der Waals surface area contributed by atoms with Gasteiger partial charge < -0.3 is 20.2 Å². The molecule has 2 saturated carbocycles. The monoisotopic (exact) mass is 504 g/mol. The minimum absolute atomic E-state index is 0. The first-order valence-electron chi connectivity index (χ1n) is 10.4. The van der Waals surface area contributed by atoms with E-state index in [0.29, 0.717) is 0 Å². The van der Waals surface area contributed by atoms with Crippen LogP contribution in [0.25, 0.3) is 0 Å². The van der Waals surface area contributed by atoms with Crippen molar-refractivity contribution in [2.24, 2.45) is 10.9 Å². The Morgan fingerprint density at radius 2 is 2.00 bits per heavy atom. The summed E-state index contributed by atoms with van der Waals surface area (Å²) in [4.78, 5) is 7.27. The average molecular weight is 504 g/mol. The van der Waals surface area contributed by atoms with E-state index in [4.69, 9.17) is 4.42 Å². The molecule has 1 aromatic rings. The van der Waals surface area contributed by atoms with E-state index in [2.05, 4.69) is 27.4 Å². The lowest BCUT2D eigenvalue weighted by Gasteiger charge is -2.24. The van der Waals surface area contributed by atoms with Crippen LogP contribution in [0, 0.1) is 19.8 Å². The third-order valence-corrected chi connectivity index (χ3v) is 5.45. The Hall–Kier alpha value is -0.800. The fraction of sp³-hybridized carbons (Fsp3) is 0.762. The fourth-order valence-corrected chi connectivity index (χ4v) is 3.64. The molecule has 28 heavy (non-hydrogen) atoms. The Labute approximate surface area is 186 Å². The first-order chi connectivity index (χ1) is 12.9. The smallest absolute Gasteiger partial charge is 0.191 e. The van der Waals surface area contributed by atoms with Gasteiger partial charge in [0.2, 0.25) is 0 Å². The predicted molar refractivity (Wildman–Crippen MR) is 124 cm³/mol. The summed E-state index contributed by atoms with van der Waals surface area (Å²) < 4.78 is 5.57. The number of guanidine groups is 1. The predicted octanol–water partition coefficient (Wildman–Crippen LogP) is 3.15. The number of rotatable bonds is 10. The number of aliphatic hydroxyl groups is 1. The summed E-state index contributed by atoms with van der Waals surface area (Å²) >= 11 is 0. The van der Waals surface area contributed by atoms with Crippen LogP contribution in [0.15, 0.2) is 15.5 Å². The lowest BCUT2D eigenvalue weighted by atomic mass is 9.96. The molecule has 2 fully saturated rings. The quantitative estimate of drug-likeness (QED) is 0.260. The first-order valence-corrected chi connectivity index (χ1v) is 10.4. The minimum atomic E-state index is -1.05. The Bertz CT molecular complexity index is 651. The lowest BCUT2D eigenvalue weighted by molar-refractivity contribution is 0.0657. The summed E-state index contributed by atoms with van der Waals surface area (Å²) in [6.45, 7) is 11.9. The van der Waals surface area contributed by atoms with Crippen LogP contribution in [0.1, 0.15) is 56.6 Å². The molecule has 1 aromatic heterocycles. The standard InChI is InChI=1S/C21H36N4O2.HI/c1-5-22-20(23-10-11-25(18-8-9-18)13-17-6-7-17)24-14-21(4,26)19-12-15(2)27-16(19)3;/h12,17-18,26H,5-11,13-14H2,1-4H3,(H2,22,23,24);1H. The molecule has 2 aliphatic carbocycles. The van der Waals surface area contributed by atoms with Gasteiger partial charge >= 0.3 is 0 Å². The van der Waals surface area contributed by atoms with Crippen LogP contribution in [-0.2, 0) is 5.60 Å². The van der Waals surface area contributed by atoms with Crippen LogP contribution in [0.5, 0.6) is 0 Å². The van der Waals surface area contributed by atoms with Crippen molar-refractivity contribution in [2.75, 3.05) is 32.7 Å². The lowest BCUT2D eigenvalue weighted by Crippen LogP contribution is -2.43. The van der Waals surface area contributed by atoms with Gasteiger partial charge in [-0.1, -0.05) is 0 Å². The molecular weight excluding hydrogens is 467 g/mol. The maximum atomic E-state index is 10.9. The second-order valence-electron chi connectivity index (χ2n) is 8.39. The van der Waals surface area contributed by atoms with Gasteiger partial charge in [0.1, 0.15) is 17.1 Å². The van der Waals surface area contributed by atoms with Crippen molar-refractivity contribution in [3.8, 4) is 0 Å². The van der Waals surface area contributed by atoms with E-state index in [1.54, 1.807) is 6.92 Å². The minimum Gasteiger partial charge on any atom is -0.466 e. The number of nitrogens with one attached hydrogen (secondary N) is 2. The van der Waals surface area contributed by atoms with Crippen molar-refractivity contribution < 1.29 is 9.52 Å². The second-order valence-corrected chi connectivity index (χ2v) is 8.39. The molecule has 1 heterocycles. The van der Waals surface area contributed by atoms with Gasteiger partial charge in [-0.3, -0.25) is 4.90 Å². The highest BCUT2D eigenvalue weighted by molar-refractivity contribution is 14.0. The molecule has 0 spiro atoms. The second kappa shape index (κ2) is 10.3. The number of aliphatic imine (C=N–C) groups is 1. The molecule has 0 bridgehead atoms. The van der Waals surface area contributed by atoms with E-state index in [1.165, 1.54) is 32.2 Å². The number of furan rings is 1. The molecule has 0 aliphatic heterocycles. The van der Waals surface area contributed by atoms with Gasteiger partial charge in [0.05, 0.1) is 6.54 Å². The topological polar surface area (TPSA) is 73.0 Å². The summed E-state index contributed by atoms with van der Waals surface area (Å²) in [5, 5.41) is 17.6. The van der Waals surface area contributed by atoms with E-state index >= 15 is 0 Å². The third kappa shape index (κ3) is 6.91. The summed E-state index contributed by atoms with van der Waals surface area (Å²) in [6.07, 6.45) is 5.52. The maximum Gasteiger partial charge on any atom is 0.191 e. The van der Waals surface area contributed by atoms with Crippen molar-refractivity contribution in [1.82, 2.24) is 15.5 Å². The van der Waals surface area contributed by atoms with Crippen molar-refractivity contribution in [3.05, 3.63) is 23.2 Å². The summed E-state index contributed by atoms with van der Waals surface area (Å²) in [5.74, 6) is 3.26. The van der Waals surface area contributed by atoms with Gasteiger partial charge in [-0.25, -0.2) is 4.99 Å². The van der Waals surface area contributed by atoms with Crippen molar-refractivity contribution in [3.63, 3.8) is 0 Å². The molecule has 1 unspecified atom stereocenters. The third-order valence-electron chi connectivity index (χ3n) is 5.45. The summed E-state index contributed by atoms with van der Waals surface area (Å²) in [6, 6.07) is 2.70. The SMILES string of the molecule is CCNC(=NCC(C)(O)c1cc(C)oc1C)NCCN(CC1CC1)C1CC1.I. The highest BCUT2D eigenvalue weighted by Crippen LogP contribution is 2.34. The van der Waals surface area contributed by atoms with E-state index < -0.39 is 5.60 Å². The average Bonchev–Trinajstić information content (AvgIpc) is 3.51. The van der Waals surface area contributed by atoms with E-state index in [9.17, 15) is 5.11 Å². The van der Waals surface area contributed by atoms with Gasteiger partial charge in [0.15, 0.2) is 5.96 Å².